The van der Waals surface area contributed by atoms with Gasteiger partial charge in [0.2, 0.25) is 17.7 Å². The molecule has 31 heavy (non-hydrogen) atoms. The highest BCUT2D eigenvalue weighted by molar-refractivity contribution is 5.94. The first-order valence-electron chi connectivity index (χ1n) is 10.9. The molecule has 4 N–H and O–H groups in total. The molecule has 3 fully saturated rings. The van der Waals surface area contributed by atoms with Gasteiger partial charge in [0.05, 0.1) is 6.04 Å². The van der Waals surface area contributed by atoms with Gasteiger partial charge < -0.3 is 30.6 Å². The summed E-state index contributed by atoms with van der Waals surface area (Å²) in [6, 6.07) is -3.15. The van der Waals surface area contributed by atoms with E-state index >= 15 is 0 Å². The molecule has 3 aliphatic heterocycles. The monoisotopic (exact) mass is 438 g/mol. The summed E-state index contributed by atoms with van der Waals surface area (Å²) in [5.74, 6) is -3.46. The van der Waals surface area contributed by atoms with Crippen LogP contribution in [0.25, 0.3) is 0 Å². The van der Waals surface area contributed by atoms with E-state index in [0.717, 1.165) is 19.4 Å². The van der Waals surface area contributed by atoms with E-state index < -0.39 is 41.9 Å². The zero-order valence-electron chi connectivity index (χ0n) is 17.4. The number of amides is 3. The number of rotatable bonds is 8. The van der Waals surface area contributed by atoms with Crippen LogP contribution >= 0.6 is 0 Å². The van der Waals surface area contributed by atoms with Crippen molar-refractivity contribution in [1.82, 2.24) is 20.4 Å². The maximum atomic E-state index is 13.0. The summed E-state index contributed by atoms with van der Waals surface area (Å²) in [7, 11) is 0. The van der Waals surface area contributed by atoms with Gasteiger partial charge in [0, 0.05) is 19.5 Å². The smallest absolute Gasteiger partial charge is 0.326 e. The van der Waals surface area contributed by atoms with Crippen LogP contribution in [-0.4, -0.2) is 93.5 Å². The molecule has 0 aromatic carbocycles. The minimum Gasteiger partial charge on any atom is -0.481 e. The molecule has 11 heteroatoms. The second-order valence-corrected chi connectivity index (χ2v) is 8.36. The Balaban J connectivity index is 1.70. The Hall–Kier alpha value is -2.69. The Kier molecular flexibility index (Phi) is 7.47. The van der Waals surface area contributed by atoms with Gasteiger partial charge in [-0.05, 0) is 51.5 Å². The first-order chi connectivity index (χ1) is 14.8. The minimum atomic E-state index is -1.15. The summed E-state index contributed by atoms with van der Waals surface area (Å²) >= 11 is 0. The van der Waals surface area contributed by atoms with Crippen LogP contribution in [0.4, 0.5) is 0 Å². The van der Waals surface area contributed by atoms with Crippen molar-refractivity contribution in [3.63, 3.8) is 0 Å². The van der Waals surface area contributed by atoms with E-state index in [2.05, 4.69) is 10.6 Å². The summed E-state index contributed by atoms with van der Waals surface area (Å²) < 4.78 is 0. The summed E-state index contributed by atoms with van der Waals surface area (Å²) in [6.07, 6.45) is 3.10. The van der Waals surface area contributed by atoms with Crippen LogP contribution in [0, 0.1) is 0 Å². The molecule has 11 nitrogen and oxygen atoms in total. The Bertz CT molecular complexity index is 737. The predicted molar refractivity (Wildman–Crippen MR) is 107 cm³/mol. The molecule has 0 aliphatic carbocycles. The SMILES string of the molecule is O=C(O)CCC(NC(=O)C1CCCN1C(=O)C1CCCN1)C(=O)N1CCCC1C(=O)O. The third-order valence-corrected chi connectivity index (χ3v) is 6.28. The van der Waals surface area contributed by atoms with Gasteiger partial charge in [-0.25, -0.2) is 4.79 Å². The summed E-state index contributed by atoms with van der Waals surface area (Å²) in [5, 5.41) is 24.2. The maximum absolute atomic E-state index is 13.0. The molecule has 4 atom stereocenters. The largest absolute Gasteiger partial charge is 0.481 e. The van der Waals surface area contributed by atoms with Crippen molar-refractivity contribution < 1.29 is 34.2 Å². The fraction of sp³-hybridized carbons (Fsp3) is 0.750. The van der Waals surface area contributed by atoms with E-state index in [1.165, 1.54) is 9.80 Å². The number of hydrogen-bond donors (Lipinski definition) is 4. The molecule has 3 amide bonds. The van der Waals surface area contributed by atoms with Crippen molar-refractivity contribution in [2.75, 3.05) is 19.6 Å². The lowest BCUT2D eigenvalue weighted by Crippen LogP contribution is -2.56. The Morgan fingerprint density at radius 2 is 1.61 bits per heavy atom. The van der Waals surface area contributed by atoms with E-state index in [0.29, 0.717) is 32.2 Å². The van der Waals surface area contributed by atoms with Crippen LogP contribution in [0.2, 0.25) is 0 Å². The fourth-order valence-corrected chi connectivity index (χ4v) is 4.68. The lowest BCUT2D eigenvalue weighted by molar-refractivity contribution is -0.150. The number of nitrogens with one attached hydrogen (secondary N) is 2. The van der Waals surface area contributed by atoms with E-state index in [1.807, 2.05) is 0 Å². The van der Waals surface area contributed by atoms with Crippen LogP contribution in [0.5, 0.6) is 0 Å². The molecule has 0 spiro atoms. The summed E-state index contributed by atoms with van der Waals surface area (Å²) in [5.41, 5.74) is 0. The average Bonchev–Trinajstić information content (AvgIpc) is 3.49. The van der Waals surface area contributed by atoms with E-state index in [-0.39, 0.29) is 31.3 Å². The standard InChI is InChI=1S/C20H30N4O7/c25-16(26)8-7-13(19(29)24-11-3-6-15(24)20(30)31)22-17(27)14-5-2-10-23(14)18(28)12-4-1-9-21-12/h12-15,21H,1-11H2,(H,22,27)(H,25,26)(H,30,31). The highest BCUT2D eigenvalue weighted by Crippen LogP contribution is 2.23. The van der Waals surface area contributed by atoms with Crippen LogP contribution in [0.3, 0.4) is 0 Å². The Labute approximate surface area is 180 Å². The average molecular weight is 438 g/mol. The van der Waals surface area contributed by atoms with Crippen molar-refractivity contribution in [2.45, 2.75) is 75.5 Å². The van der Waals surface area contributed by atoms with Gasteiger partial charge in [-0.3, -0.25) is 19.2 Å². The maximum Gasteiger partial charge on any atom is 0.326 e. The normalized spacial score (nSPS) is 26.6. The van der Waals surface area contributed by atoms with Gasteiger partial charge in [-0.1, -0.05) is 0 Å². The van der Waals surface area contributed by atoms with Gasteiger partial charge in [0.1, 0.15) is 18.1 Å². The predicted octanol–water partition coefficient (Wildman–Crippen LogP) is -0.845. The molecule has 0 radical (unpaired) electrons. The number of aliphatic carboxylic acids is 2. The third-order valence-electron chi connectivity index (χ3n) is 6.28. The zero-order chi connectivity index (χ0) is 22.5. The van der Waals surface area contributed by atoms with Crippen LogP contribution in [0.1, 0.15) is 51.4 Å². The van der Waals surface area contributed by atoms with Crippen LogP contribution < -0.4 is 10.6 Å². The number of carbonyl (C=O) groups excluding carboxylic acids is 3. The highest BCUT2D eigenvalue weighted by atomic mass is 16.4. The molecular weight excluding hydrogens is 408 g/mol. The van der Waals surface area contributed by atoms with E-state index in [1.54, 1.807) is 0 Å². The first-order valence-corrected chi connectivity index (χ1v) is 10.9. The van der Waals surface area contributed by atoms with Crippen molar-refractivity contribution in [1.29, 1.82) is 0 Å². The van der Waals surface area contributed by atoms with Crippen molar-refractivity contribution in [3.05, 3.63) is 0 Å². The molecule has 0 saturated carbocycles. The number of nitrogens with zero attached hydrogens (tertiary/aromatic N) is 2. The van der Waals surface area contributed by atoms with Crippen LogP contribution in [0.15, 0.2) is 0 Å². The molecule has 172 valence electrons. The molecule has 3 aliphatic rings. The minimum absolute atomic E-state index is 0.131. The van der Waals surface area contributed by atoms with Gasteiger partial charge in [0.15, 0.2) is 0 Å². The van der Waals surface area contributed by atoms with E-state index in [4.69, 9.17) is 5.11 Å². The van der Waals surface area contributed by atoms with Gasteiger partial charge >= 0.3 is 11.9 Å². The topological polar surface area (TPSA) is 156 Å². The quantitative estimate of drug-likeness (QED) is 0.382. The summed E-state index contributed by atoms with van der Waals surface area (Å²) in [6.45, 7) is 1.46. The number of hydrogen-bond acceptors (Lipinski definition) is 6. The van der Waals surface area contributed by atoms with Crippen LogP contribution in [-0.2, 0) is 24.0 Å². The molecule has 0 bridgehead atoms. The Morgan fingerprint density at radius 1 is 0.935 bits per heavy atom. The molecule has 0 aromatic rings. The molecule has 3 heterocycles. The number of carboxylic acid groups (broad SMARTS) is 2. The molecule has 4 unspecified atom stereocenters. The number of carbonyl (C=O) groups is 5. The second kappa shape index (κ2) is 10.1. The zero-order valence-corrected chi connectivity index (χ0v) is 17.4. The Morgan fingerprint density at radius 3 is 2.23 bits per heavy atom. The molecule has 3 saturated heterocycles. The van der Waals surface area contributed by atoms with Crippen molar-refractivity contribution in [3.8, 4) is 0 Å². The summed E-state index contributed by atoms with van der Waals surface area (Å²) in [4.78, 5) is 64.1. The highest BCUT2D eigenvalue weighted by Gasteiger charge is 2.41. The number of likely N-dealkylation sites (tertiary alicyclic amines) is 2. The molecule has 3 rings (SSSR count). The first kappa shape index (κ1) is 23.0. The molecular formula is C20H30N4O7. The third kappa shape index (κ3) is 5.33. The molecule has 0 aromatic heterocycles. The van der Waals surface area contributed by atoms with Gasteiger partial charge in [0.25, 0.3) is 0 Å². The van der Waals surface area contributed by atoms with E-state index in [9.17, 15) is 29.1 Å². The second-order valence-electron chi connectivity index (χ2n) is 8.36. The lowest BCUT2D eigenvalue weighted by atomic mass is 10.1. The van der Waals surface area contributed by atoms with Crippen molar-refractivity contribution in [2.24, 2.45) is 0 Å². The van der Waals surface area contributed by atoms with Gasteiger partial charge in [-0.2, -0.15) is 0 Å². The number of carboxylic acids is 2. The fourth-order valence-electron chi connectivity index (χ4n) is 4.68. The van der Waals surface area contributed by atoms with Crippen molar-refractivity contribution >= 4 is 29.7 Å². The lowest BCUT2D eigenvalue weighted by Gasteiger charge is -2.30. The van der Waals surface area contributed by atoms with Gasteiger partial charge in [-0.15, -0.1) is 0 Å².